The molecule has 1 saturated heterocycles. The number of esters is 1. The number of carbonyl (C=O) groups excluding carboxylic acids is 2. The molecule has 1 N–H and O–H groups in total. The van der Waals surface area contributed by atoms with Crippen LogP contribution in [0.4, 0.5) is 0 Å². The van der Waals surface area contributed by atoms with E-state index in [0.717, 1.165) is 36.5 Å². The number of rotatable bonds is 15. The van der Waals surface area contributed by atoms with Crippen LogP contribution in [-0.4, -0.2) is 61.6 Å². The van der Waals surface area contributed by atoms with Crippen LogP contribution < -0.4 is 10.2 Å². The van der Waals surface area contributed by atoms with E-state index in [4.69, 9.17) is 14.3 Å². The molecule has 1 aliphatic rings. The summed E-state index contributed by atoms with van der Waals surface area (Å²) in [7, 11) is 1.64. The Bertz CT molecular complexity index is 1180. The van der Waals surface area contributed by atoms with Gasteiger partial charge in [0.15, 0.2) is 0 Å². The molecule has 8 heteroatoms. The van der Waals surface area contributed by atoms with E-state index in [9.17, 15) is 9.59 Å². The topological polar surface area (TPSA) is 80.3 Å². The minimum Gasteiger partial charge on any atom is -0.497 e. The van der Waals surface area contributed by atoms with Crippen molar-refractivity contribution in [3.8, 4) is 5.75 Å². The number of hydroxylamine groups is 1. The highest BCUT2D eigenvalue weighted by molar-refractivity contribution is 5.80. The molecule has 0 bridgehead atoms. The molecule has 4 rings (SSSR count). The second kappa shape index (κ2) is 16.5. The van der Waals surface area contributed by atoms with Crippen LogP contribution in [0.25, 0.3) is 0 Å². The van der Waals surface area contributed by atoms with Gasteiger partial charge >= 0.3 is 5.97 Å². The fraction of sp³-hybridized carbons (Fsp3) is 0.394. The molecule has 1 unspecified atom stereocenters. The van der Waals surface area contributed by atoms with Crippen LogP contribution in [-0.2, 0) is 38.9 Å². The van der Waals surface area contributed by atoms with Gasteiger partial charge in [0.2, 0.25) is 5.91 Å². The van der Waals surface area contributed by atoms with Crippen LogP contribution in [0.15, 0.2) is 84.9 Å². The van der Waals surface area contributed by atoms with Crippen LogP contribution in [0.1, 0.15) is 36.0 Å². The zero-order valence-electron chi connectivity index (χ0n) is 23.9. The molecule has 1 fully saturated rings. The predicted octanol–water partition coefficient (Wildman–Crippen LogP) is 4.59. The lowest BCUT2D eigenvalue weighted by Gasteiger charge is -2.36. The third kappa shape index (κ3) is 10.3. The van der Waals surface area contributed by atoms with E-state index in [1.807, 2.05) is 65.6 Å². The van der Waals surface area contributed by atoms with Crippen LogP contribution in [0.5, 0.6) is 5.75 Å². The predicted molar refractivity (Wildman–Crippen MR) is 158 cm³/mol. The van der Waals surface area contributed by atoms with Gasteiger partial charge in [-0.15, -0.1) is 0 Å². The number of nitrogens with one attached hydrogen (secondary N) is 1. The number of hydrogen-bond acceptors (Lipinski definition) is 7. The number of piperazine rings is 1. The van der Waals surface area contributed by atoms with Gasteiger partial charge in [-0.1, -0.05) is 72.8 Å². The lowest BCUT2D eigenvalue weighted by atomic mass is 9.97. The number of hydrogen-bond donors (Lipinski definition) is 1. The molecule has 3 aromatic carbocycles. The lowest BCUT2D eigenvalue weighted by molar-refractivity contribution is -0.146. The average molecular weight is 560 g/mol. The van der Waals surface area contributed by atoms with Crippen molar-refractivity contribution in [1.29, 1.82) is 0 Å². The van der Waals surface area contributed by atoms with E-state index in [0.29, 0.717) is 39.1 Å². The number of nitrogens with zero attached hydrogens (tertiary/aromatic N) is 2. The van der Waals surface area contributed by atoms with Crippen molar-refractivity contribution in [3.63, 3.8) is 0 Å². The first-order valence-electron chi connectivity index (χ1n) is 14.3. The van der Waals surface area contributed by atoms with Crippen molar-refractivity contribution < 1.29 is 23.9 Å². The molecule has 1 heterocycles. The molecular formula is C33H41N3O5. The first-order chi connectivity index (χ1) is 20.1. The smallest absolute Gasteiger partial charge is 0.306 e. The Labute approximate surface area is 243 Å². The molecule has 0 radical (unpaired) electrons. The molecule has 218 valence electrons. The van der Waals surface area contributed by atoms with Crippen molar-refractivity contribution in [2.75, 3.05) is 39.9 Å². The molecular weight excluding hydrogens is 518 g/mol. The first-order valence-corrected chi connectivity index (χ1v) is 14.3. The summed E-state index contributed by atoms with van der Waals surface area (Å²) in [6.07, 6.45) is 1.14. The van der Waals surface area contributed by atoms with Crippen LogP contribution in [0, 0.1) is 5.92 Å². The van der Waals surface area contributed by atoms with E-state index in [2.05, 4.69) is 34.6 Å². The molecule has 0 aliphatic carbocycles. The van der Waals surface area contributed by atoms with Crippen molar-refractivity contribution >= 4 is 11.9 Å². The summed E-state index contributed by atoms with van der Waals surface area (Å²) in [5.74, 6) is 0.277. The molecule has 3 aromatic rings. The SMILES string of the molecule is COc1ccc(CNOCCC(CCC(=O)OCc2ccccc2)C(=O)N2CCN(Cc3ccccc3)CC2)cc1. The molecule has 0 spiro atoms. The van der Waals surface area contributed by atoms with Crippen LogP contribution in [0.2, 0.25) is 0 Å². The summed E-state index contributed by atoms with van der Waals surface area (Å²) in [6, 6.07) is 27.8. The maximum atomic E-state index is 13.6. The minimum atomic E-state index is -0.317. The van der Waals surface area contributed by atoms with Gasteiger partial charge in [-0.3, -0.25) is 14.5 Å². The van der Waals surface area contributed by atoms with Gasteiger partial charge in [-0.05, 0) is 41.7 Å². The fourth-order valence-electron chi connectivity index (χ4n) is 4.87. The highest BCUT2D eigenvalue weighted by atomic mass is 16.6. The maximum Gasteiger partial charge on any atom is 0.306 e. The second-order valence-corrected chi connectivity index (χ2v) is 10.3. The Kier molecular flexibility index (Phi) is 12.2. The van der Waals surface area contributed by atoms with E-state index < -0.39 is 0 Å². The van der Waals surface area contributed by atoms with Gasteiger partial charge in [-0.25, -0.2) is 0 Å². The van der Waals surface area contributed by atoms with Gasteiger partial charge in [0, 0.05) is 51.6 Å². The highest BCUT2D eigenvalue weighted by Gasteiger charge is 2.28. The van der Waals surface area contributed by atoms with Gasteiger partial charge in [0.1, 0.15) is 12.4 Å². The molecule has 1 atom stereocenters. The number of carbonyl (C=O) groups is 2. The van der Waals surface area contributed by atoms with Crippen molar-refractivity contribution in [1.82, 2.24) is 15.3 Å². The van der Waals surface area contributed by atoms with Crippen molar-refractivity contribution in [2.45, 2.75) is 39.0 Å². The quantitative estimate of drug-likeness (QED) is 0.166. The van der Waals surface area contributed by atoms with Crippen molar-refractivity contribution in [2.24, 2.45) is 5.92 Å². The maximum absolute atomic E-state index is 13.6. The Morgan fingerprint density at radius 3 is 2.12 bits per heavy atom. The summed E-state index contributed by atoms with van der Waals surface area (Å²) in [4.78, 5) is 36.1. The normalized spacial score (nSPS) is 14.4. The molecule has 8 nitrogen and oxygen atoms in total. The molecule has 0 saturated carbocycles. The summed E-state index contributed by atoms with van der Waals surface area (Å²) in [6.45, 7) is 5.03. The van der Waals surface area contributed by atoms with E-state index >= 15 is 0 Å². The Morgan fingerprint density at radius 2 is 1.46 bits per heavy atom. The molecule has 1 aliphatic heterocycles. The van der Waals surface area contributed by atoms with E-state index in [-0.39, 0.29) is 30.8 Å². The summed E-state index contributed by atoms with van der Waals surface area (Å²) < 4.78 is 10.7. The number of ether oxygens (including phenoxy) is 2. The summed E-state index contributed by atoms with van der Waals surface area (Å²) >= 11 is 0. The first kappa shape index (κ1) is 30.2. The summed E-state index contributed by atoms with van der Waals surface area (Å²) in [5, 5.41) is 0. The monoisotopic (exact) mass is 559 g/mol. The second-order valence-electron chi connectivity index (χ2n) is 10.3. The standard InChI is InChI=1S/C33H41N3O5/c1-39-31-15-12-27(13-16-31)24-34-41-23-18-30(14-17-32(37)40-26-29-10-6-3-7-11-29)33(38)36-21-19-35(20-22-36)25-28-8-4-2-5-9-28/h2-13,15-16,30,34H,14,17-26H2,1H3. The molecule has 0 aromatic heterocycles. The fourth-order valence-corrected chi connectivity index (χ4v) is 4.87. The number of amides is 1. The Morgan fingerprint density at radius 1 is 0.805 bits per heavy atom. The van der Waals surface area contributed by atoms with Gasteiger partial charge < -0.3 is 19.2 Å². The minimum absolute atomic E-state index is 0.0824. The van der Waals surface area contributed by atoms with Crippen molar-refractivity contribution in [3.05, 3.63) is 102 Å². The van der Waals surface area contributed by atoms with Gasteiger partial charge in [0.05, 0.1) is 13.7 Å². The van der Waals surface area contributed by atoms with Gasteiger partial charge in [0.25, 0.3) is 0 Å². The van der Waals surface area contributed by atoms with Crippen LogP contribution >= 0.6 is 0 Å². The highest BCUT2D eigenvalue weighted by Crippen LogP contribution is 2.19. The molecule has 41 heavy (non-hydrogen) atoms. The zero-order valence-corrected chi connectivity index (χ0v) is 23.9. The summed E-state index contributed by atoms with van der Waals surface area (Å²) in [5.41, 5.74) is 6.26. The molecule has 1 amide bonds. The van der Waals surface area contributed by atoms with Gasteiger partial charge in [-0.2, -0.15) is 5.48 Å². The van der Waals surface area contributed by atoms with E-state index in [1.54, 1.807) is 7.11 Å². The third-order valence-corrected chi connectivity index (χ3v) is 7.33. The zero-order chi connectivity index (χ0) is 28.7. The van der Waals surface area contributed by atoms with Crippen LogP contribution in [0.3, 0.4) is 0 Å². The Hall–Kier alpha value is -3.72. The van der Waals surface area contributed by atoms with E-state index in [1.165, 1.54) is 5.56 Å². The largest absolute Gasteiger partial charge is 0.497 e. The third-order valence-electron chi connectivity index (χ3n) is 7.33. The number of methoxy groups -OCH3 is 1. The Balaban J connectivity index is 1.25. The number of benzene rings is 3. The lowest BCUT2D eigenvalue weighted by Crippen LogP contribution is -2.50. The average Bonchev–Trinajstić information content (AvgIpc) is 3.02.